The van der Waals surface area contributed by atoms with Crippen LogP contribution in [0.4, 0.5) is 0 Å². The van der Waals surface area contributed by atoms with E-state index in [0.717, 1.165) is 4.88 Å². The summed E-state index contributed by atoms with van der Waals surface area (Å²) in [4.78, 5) is 0.917. The van der Waals surface area contributed by atoms with Crippen LogP contribution >= 0.6 is 11.3 Å². The summed E-state index contributed by atoms with van der Waals surface area (Å²) in [6.07, 6.45) is 0. The van der Waals surface area contributed by atoms with Crippen LogP contribution in [0.1, 0.15) is 12.6 Å². The number of aliphatic hydroxyl groups is 1. The van der Waals surface area contributed by atoms with Gasteiger partial charge in [0.05, 0.1) is 22.1 Å². The number of thiophene rings is 1. The van der Waals surface area contributed by atoms with E-state index in [0.29, 0.717) is 11.5 Å². The molecule has 0 aromatic carbocycles. The highest BCUT2D eigenvalue weighted by molar-refractivity contribution is 7.90. The number of aromatic nitrogens is 1. The lowest BCUT2D eigenvalue weighted by Crippen LogP contribution is -2.18. The van der Waals surface area contributed by atoms with E-state index >= 15 is 0 Å². The van der Waals surface area contributed by atoms with Crippen molar-refractivity contribution in [3.8, 4) is 10.6 Å². The fourth-order valence-corrected chi connectivity index (χ4v) is 4.04. The molecule has 104 valence electrons. The smallest absolute Gasteiger partial charge is 0.177 e. The highest BCUT2D eigenvalue weighted by Gasteiger charge is 2.19. The average Bonchev–Trinajstić information content (AvgIpc) is 2.97. The van der Waals surface area contributed by atoms with E-state index in [1.807, 2.05) is 17.5 Å². The number of aliphatic hydroxyl groups excluding tert-OH is 1. The molecular weight excluding hydrogens is 286 g/mol. The Morgan fingerprint density at radius 2 is 2.32 bits per heavy atom. The van der Waals surface area contributed by atoms with Crippen molar-refractivity contribution in [2.75, 3.05) is 12.4 Å². The number of nitrogens with zero attached hydrogens (tertiary/aromatic N) is 1. The van der Waals surface area contributed by atoms with Gasteiger partial charge in [0, 0.05) is 12.7 Å². The Hall–Kier alpha value is -1.18. The highest BCUT2D eigenvalue weighted by Crippen LogP contribution is 2.25. The Morgan fingerprint density at radius 1 is 1.53 bits per heavy atom. The first-order valence-electron chi connectivity index (χ1n) is 5.81. The van der Waals surface area contributed by atoms with Gasteiger partial charge >= 0.3 is 0 Å². The summed E-state index contributed by atoms with van der Waals surface area (Å²) in [5.41, 5.74) is 0.397. The molecule has 0 fully saturated rings. The largest absolute Gasteiger partial charge is 0.396 e. The maximum atomic E-state index is 11.9. The minimum Gasteiger partial charge on any atom is -0.396 e. The van der Waals surface area contributed by atoms with E-state index in [1.165, 1.54) is 11.3 Å². The molecule has 1 atom stereocenters. The fourth-order valence-electron chi connectivity index (χ4n) is 1.69. The van der Waals surface area contributed by atoms with Gasteiger partial charge in [0.2, 0.25) is 0 Å². The highest BCUT2D eigenvalue weighted by atomic mass is 32.2. The average molecular weight is 301 g/mol. The van der Waals surface area contributed by atoms with E-state index in [1.54, 1.807) is 13.0 Å². The van der Waals surface area contributed by atoms with Gasteiger partial charge in [-0.15, -0.1) is 11.3 Å². The maximum absolute atomic E-state index is 11.9. The maximum Gasteiger partial charge on any atom is 0.177 e. The topological polar surface area (TPSA) is 80.4 Å². The van der Waals surface area contributed by atoms with Crippen molar-refractivity contribution in [2.45, 2.75) is 12.7 Å². The molecule has 0 radical (unpaired) electrons. The van der Waals surface area contributed by atoms with Crippen LogP contribution in [0.2, 0.25) is 0 Å². The Balaban J connectivity index is 2.08. The first kappa shape index (κ1) is 14.2. The summed E-state index contributed by atoms with van der Waals surface area (Å²) >= 11 is 1.51. The molecule has 1 unspecified atom stereocenters. The molecule has 0 bridgehead atoms. The lowest BCUT2D eigenvalue weighted by molar-refractivity contribution is 0.249. The van der Waals surface area contributed by atoms with E-state index < -0.39 is 9.84 Å². The van der Waals surface area contributed by atoms with Crippen LogP contribution < -0.4 is 0 Å². The molecule has 2 rings (SSSR count). The van der Waals surface area contributed by atoms with Crippen LogP contribution in [0.5, 0.6) is 0 Å². The zero-order chi connectivity index (χ0) is 13.9. The Morgan fingerprint density at radius 3 is 2.95 bits per heavy atom. The van der Waals surface area contributed by atoms with Crippen molar-refractivity contribution >= 4 is 21.2 Å². The molecule has 7 heteroatoms. The molecule has 2 aromatic rings. The standard InChI is InChI=1S/C12H15NO4S2/c1-9(6-14)7-19(15,16)8-10-5-11(17-13-10)12-3-2-4-18-12/h2-5,9,14H,6-8H2,1H3. The van der Waals surface area contributed by atoms with Crippen molar-refractivity contribution in [3.63, 3.8) is 0 Å². The minimum absolute atomic E-state index is 0.0509. The quantitative estimate of drug-likeness (QED) is 0.882. The second-order valence-corrected chi connectivity index (χ2v) is 7.56. The number of hydrogen-bond donors (Lipinski definition) is 1. The van der Waals surface area contributed by atoms with Crippen LogP contribution in [0, 0.1) is 5.92 Å². The summed E-state index contributed by atoms with van der Waals surface area (Å²) < 4.78 is 28.9. The van der Waals surface area contributed by atoms with Crippen molar-refractivity contribution in [1.29, 1.82) is 0 Å². The fraction of sp³-hybridized carbons (Fsp3) is 0.417. The van der Waals surface area contributed by atoms with Crippen LogP contribution in [0.3, 0.4) is 0 Å². The molecule has 0 aliphatic rings. The van der Waals surface area contributed by atoms with Gasteiger partial charge in [0.25, 0.3) is 0 Å². The predicted molar refractivity (Wildman–Crippen MR) is 73.6 cm³/mol. The summed E-state index contributed by atoms with van der Waals surface area (Å²) in [6.45, 7) is 1.55. The summed E-state index contributed by atoms with van der Waals surface area (Å²) in [7, 11) is -3.28. The van der Waals surface area contributed by atoms with Gasteiger partial charge in [-0.1, -0.05) is 18.1 Å². The van der Waals surface area contributed by atoms with E-state index in [4.69, 9.17) is 9.63 Å². The van der Waals surface area contributed by atoms with Crippen molar-refractivity contribution in [2.24, 2.45) is 5.92 Å². The number of hydrogen-bond acceptors (Lipinski definition) is 6. The molecular formula is C12H15NO4S2. The molecule has 2 aromatic heterocycles. The second-order valence-electron chi connectivity index (χ2n) is 4.50. The van der Waals surface area contributed by atoms with E-state index in [-0.39, 0.29) is 24.0 Å². The van der Waals surface area contributed by atoms with Crippen LogP contribution in [-0.4, -0.2) is 31.0 Å². The first-order chi connectivity index (χ1) is 9.00. The molecule has 0 spiro atoms. The lowest BCUT2D eigenvalue weighted by atomic mass is 10.2. The third kappa shape index (κ3) is 3.89. The molecule has 0 aliphatic heterocycles. The summed E-state index contributed by atoms with van der Waals surface area (Å²) in [6, 6.07) is 5.42. The van der Waals surface area contributed by atoms with Gasteiger partial charge < -0.3 is 9.63 Å². The monoisotopic (exact) mass is 301 g/mol. The van der Waals surface area contributed by atoms with E-state index in [2.05, 4.69) is 5.16 Å². The minimum atomic E-state index is -3.28. The van der Waals surface area contributed by atoms with Gasteiger partial charge in [-0.25, -0.2) is 8.42 Å². The Bertz CT molecular complexity index is 616. The number of sulfone groups is 1. The number of rotatable bonds is 6. The van der Waals surface area contributed by atoms with Gasteiger partial charge in [0.1, 0.15) is 0 Å². The van der Waals surface area contributed by atoms with Crippen molar-refractivity contribution in [3.05, 3.63) is 29.3 Å². The normalized spacial score (nSPS) is 13.6. The summed E-state index contributed by atoms with van der Waals surface area (Å²) in [5, 5.41) is 14.6. The third-order valence-electron chi connectivity index (χ3n) is 2.54. The molecule has 1 N–H and O–H groups in total. The molecule has 0 saturated heterocycles. The van der Waals surface area contributed by atoms with Crippen LogP contribution in [0.15, 0.2) is 28.1 Å². The van der Waals surface area contributed by atoms with Gasteiger partial charge in [-0.05, 0) is 17.4 Å². The van der Waals surface area contributed by atoms with Gasteiger partial charge in [-0.3, -0.25) is 0 Å². The first-order valence-corrected chi connectivity index (χ1v) is 8.51. The molecule has 0 aliphatic carbocycles. The summed E-state index contributed by atoms with van der Waals surface area (Å²) in [5.74, 6) is 0.0979. The zero-order valence-electron chi connectivity index (χ0n) is 10.4. The zero-order valence-corrected chi connectivity index (χ0v) is 12.1. The third-order valence-corrected chi connectivity index (χ3v) is 5.24. The Labute approximate surface area is 115 Å². The molecule has 5 nitrogen and oxygen atoms in total. The second kappa shape index (κ2) is 5.85. The molecule has 0 amide bonds. The van der Waals surface area contributed by atoms with Crippen molar-refractivity contribution < 1.29 is 18.0 Å². The SMILES string of the molecule is CC(CO)CS(=O)(=O)Cc1cc(-c2cccs2)on1. The molecule has 0 saturated carbocycles. The van der Waals surface area contributed by atoms with Gasteiger partial charge in [0.15, 0.2) is 15.6 Å². The van der Waals surface area contributed by atoms with E-state index in [9.17, 15) is 8.42 Å². The van der Waals surface area contributed by atoms with Gasteiger partial charge in [-0.2, -0.15) is 0 Å². The van der Waals surface area contributed by atoms with Crippen LogP contribution in [0.25, 0.3) is 10.6 Å². The predicted octanol–water partition coefficient (Wildman–Crippen LogP) is 1.95. The Kier molecular flexibility index (Phi) is 4.38. The lowest BCUT2D eigenvalue weighted by Gasteiger charge is -2.06. The molecule has 19 heavy (non-hydrogen) atoms. The molecule has 2 heterocycles. The van der Waals surface area contributed by atoms with Crippen LogP contribution in [-0.2, 0) is 15.6 Å². The van der Waals surface area contributed by atoms with Crippen molar-refractivity contribution in [1.82, 2.24) is 5.16 Å².